The number of aryl methyl sites for hydroxylation is 1. The van der Waals surface area contributed by atoms with Crippen LogP contribution in [0.15, 0.2) is 23.1 Å². The van der Waals surface area contributed by atoms with E-state index < -0.39 is 0 Å². The van der Waals surface area contributed by atoms with E-state index in [9.17, 15) is 4.79 Å². The fourth-order valence-corrected chi connectivity index (χ4v) is 3.31. The molecule has 3 nitrogen and oxygen atoms in total. The van der Waals surface area contributed by atoms with Gasteiger partial charge in [-0.05, 0) is 56.9 Å². The summed E-state index contributed by atoms with van der Waals surface area (Å²) in [7, 11) is 0. The molecule has 1 atom stereocenters. The van der Waals surface area contributed by atoms with Crippen molar-refractivity contribution in [2.24, 2.45) is 0 Å². The summed E-state index contributed by atoms with van der Waals surface area (Å²) in [5.41, 5.74) is 7.67. The first-order valence-corrected chi connectivity index (χ1v) is 7.85. The zero-order valence-corrected chi connectivity index (χ0v) is 12.5. The number of anilines is 1. The Bertz CT molecular complexity index is 461. The maximum absolute atomic E-state index is 12.2. The van der Waals surface area contributed by atoms with Crippen LogP contribution in [0.4, 0.5) is 5.69 Å². The molecule has 1 aliphatic heterocycles. The van der Waals surface area contributed by atoms with Gasteiger partial charge in [0.2, 0.25) is 5.91 Å². The zero-order valence-electron chi connectivity index (χ0n) is 11.7. The molecule has 1 saturated heterocycles. The number of nitrogen functional groups attached to an aromatic ring is 1. The van der Waals surface area contributed by atoms with Crippen LogP contribution in [0.3, 0.4) is 0 Å². The van der Waals surface area contributed by atoms with E-state index in [1.54, 1.807) is 11.8 Å². The summed E-state index contributed by atoms with van der Waals surface area (Å²) in [6.45, 7) is 5.06. The summed E-state index contributed by atoms with van der Waals surface area (Å²) in [5.74, 6) is 0.778. The fourth-order valence-electron chi connectivity index (χ4n) is 2.43. The van der Waals surface area contributed by atoms with E-state index in [1.807, 2.05) is 30.0 Å². The number of amides is 1. The van der Waals surface area contributed by atoms with Crippen LogP contribution in [0.5, 0.6) is 0 Å². The van der Waals surface area contributed by atoms with Crippen molar-refractivity contribution in [1.29, 1.82) is 0 Å². The number of carbonyl (C=O) groups is 1. The Labute approximate surface area is 119 Å². The fraction of sp³-hybridized carbons (Fsp3) is 0.533. The van der Waals surface area contributed by atoms with Crippen molar-refractivity contribution in [2.75, 3.05) is 18.0 Å². The van der Waals surface area contributed by atoms with Crippen LogP contribution in [-0.2, 0) is 4.79 Å². The second-order valence-corrected chi connectivity index (χ2v) is 6.29. The average molecular weight is 278 g/mol. The van der Waals surface area contributed by atoms with E-state index in [0.29, 0.717) is 11.8 Å². The highest BCUT2D eigenvalue weighted by Gasteiger charge is 2.22. The van der Waals surface area contributed by atoms with Gasteiger partial charge in [0.15, 0.2) is 0 Å². The summed E-state index contributed by atoms with van der Waals surface area (Å²) in [6.07, 6.45) is 3.52. The molecule has 0 bridgehead atoms. The molecule has 1 amide bonds. The van der Waals surface area contributed by atoms with E-state index >= 15 is 0 Å². The predicted octanol–water partition coefficient (Wildman–Crippen LogP) is 3.07. The van der Waals surface area contributed by atoms with Gasteiger partial charge in [-0.25, -0.2) is 0 Å². The molecule has 1 aromatic rings. The SMILES string of the molecule is Cc1cc(SCC(=O)N2CCCCC2C)ccc1N. The Morgan fingerprint density at radius 1 is 1.47 bits per heavy atom. The number of nitrogens with two attached hydrogens (primary N) is 1. The summed E-state index contributed by atoms with van der Waals surface area (Å²) in [6, 6.07) is 6.34. The standard InChI is InChI=1S/C15H22N2OS/c1-11-9-13(6-7-14(11)16)19-10-15(18)17-8-4-3-5-12(17)2/h6-7,9,12H,3-5,8,10,16H2,1-2H3. The third kappa shape index (κ3) is 3.66. The molecule has 4 heteroatoms. The van der Waals surface area contributed by atoms with Gasteiger partial charge in [-0.3, -0.25) is 4.79 Å². The number of nitrogens with zero attached hydrogens (tertiary/aromatic N) is 1. The molecule has 0 aromatic heterocycles. The highest BCUT2D eigenvalue weighted by molar-refractivity contribution is 8.00. The highest BCUT2D eigenvalue weighted by Crippen LogP contribution is 2.24. The average Bonchev–Trinajstić information content (AvgIpc) is 2.40. The number of likely N-dealkylation sites (tertiary alicyclic amines) is 1. The summed E-state index contributed by atoms with van der Waals surface area (Å²) in [5, 5.41) is 0. The van der Waals surface area contributed by atoms with Crippen molar-refractivity contribution in [1.82, 2.24) is 4.90 Å². The van der Waals surface area contributed by atoms with E-state index in [4.69, 9.17) is 5.73 Å². The Hall–Kier alpha value is -1.16. The number of rotatable bonds is 3. The molecular formula is C15H22N2OS. The van der Waals surface area contributed by atoms with Crippen molar-refractivity contribution in [3.63, 3.8) is 0 Å². The molecule has 0 spiro atoms. The Balaban J connectivity index is 1.90. The third-order valence-electron chi connectivity index (χ3n) is 3.73. The van der Waals surface area contributed by atoms with E-state index in [-0.39, 0.29) is 5.91 Å². The first-order valence-electron chi connectivity index (χ1n) is 6.86. The van der Waals surface area contributed by atoms with Crippen molar-refractivity contribution in [3.8, 4) is 0 Å². The molecule has 0 radical (unpaired) electrons. The Morgan fingerprint density at radius 2 is 2.26 bits per heavy atom. The molecule has 2 rings (SSSR count). The van der Waals surface area contributed by atoms with Gasteiger partial charge in [0.1, 0.15) is 0 Å². The maximum atomic E-state index is 12.2. The number of piperidine rings is 1. The molecule has 19 heavy (non-hydrogen) atoms. The van der Waals surface area contributed by atoms with Crippen LogP contribution < -0.4 is 5.73 Å². The van der Waals surface area contributed by atoms with Gasteiger partial charge in [-0.15, -0.1) is 11.8 Å². The van der Waals surface area contributed by atoms with Gasteiger partial charge in [-0.2, -0.15) is 0 Å². The third-order valence-corrected chi connectivity index (χ3v) is 4.71. The minimum atomic E-state index is 0.256. The molecule has 1 aromatic carbocycles. The monoisotopic (exact) mass is 278 g/mol. The van der Waals surface area contributed by atoms with Crippen LogP contribution >= 0.6 is 11.8 Å². The molecule has 1 unspecified atom stereocenters. The second kappa shape index (κ2) is 6.33. The first kappa shape index (κ1) is 14.3. The molecule has 0 aliphatic carbocycles. The van der Waals surface area contributed by atoms with Crippen molar-refractivity contribution < 1.29 is 4.79 Å². The normalized spacial score (nSPS) is 19.5. The van der Waals surface area contributed by atoms with Gasteiger partial charge in [0.05, 0.1) is 5.75 Å². The van der Waals surface area contributed by atoms with Crippen LogP contribution in [0.25, 0.3) is 0 Å². The second-order valence-electron chi connectivity index (χ2n) is 5.24. The number of hydrogen-bond acceptors (Lipinski definition) is 3. The highest BCUT2D eigenvalue weighted by atomic mass is 32.2. The number of benzene rings is 1. The molecule has 1 aliphatic rings. The van der Waals surface area contributed by atoms with Crippen molar-refractivity contribution >= 4 is 23.4 Å². The van der Waals surface area contributed by atoms with E-state index in [0.717, 1.165) is 35.5 Å². The molecule has 104 valence electrons. The lowest BCUT2D eigenvalue weighted by molar-refractivity contribution is -0.131. The van der Waals surface area contributed by atoms with Gasteiger partial charge < -0.3 is 10.6 Å². The molecule has 1 heterocycles. The minimum Gasteiger partial charge on any atom is -0.399 e. The smallest absolute Gasteiger partial charge is 0.233 e. The van der Waals surface area contributed by atoms with Crippen LogP contribution in [0.1, 0.15) is 31.7 Å². The Kier molecular flexibility index (Phi) is 4.75. The van der Waals surface area contributed by atoms with Crippen LogP contribution in [0, 0.1) is 6.92 Å². The predicted molar refractivity (Wildman–Crippen MR) is 81.3 cm³/mol. The molecular weight excluding hydrogens is 256 g/mol. The summed E-state index contributed by atoms with van der Waals surface area (Å²) < 4.78 is 0. The lowest BCUT2D eigenvalue weighted by atomic mass is 10.0. The van der Waals surface area contributed by atoms with E-state index in [2.05, 4.69) is 6.92 Å². The first-order chi connectivity index (χ1) is 9.08. The van der Waals surface area contributed by atoms with Gasteiger partial charge in [0, 0.05) is 23.2 Å². The number of hydrogen-bond donors (Lipinski definition) is 1. The van der Waals surface area contributed by atoms with Gasteiger partial charge >= 0.3 is 0 Å². The quantitative estimate of drug-likeness (QED) is 0.683. The number of thioether (sulfide) groups is 1. The number of carbonyl (C=O) groups excluding carboxylic acids is 1. The summed E-state index contributed by atoms with van der Waals surface area (Å²) >= 11 is 1.60. The zero-order chi connectivity index (χ0) is 13.8. The van der Waals surface area contributed by atoms with E-state index in [1.165, 1.54) is 6.42 Å². The summed E-state index contributed by atoms with van der Waals surface area (Å²) in [4.78, 5) is 15.4. The van der Waals surface area contributed by atoms with Crippen molar-refractivity contribution in [2.45, 2.75) is 44.0 Å². The largest absolute Gasteiger partial charge is 0.399 e. The molecule has 2 N–H and O–H groups in total. The topological polar surface area (TPSA) is 46.3 Å². The van der Waals surface area contributed by atoms with Crippen LogP contribution in [0.2, 0.25) is 0 Å². The maximum Gasteiger partial charge on any atom is 0.233 e. The van der Waals surface area contributed by atoms with Crippen molar-refractivity contribution in [3.05, 3.63) is 23.8 Å². The molecule has 1 fully saturated rings. The van der Waals surface area contributed by atoms with Gasteiger partial charge in [0.25, 0.3) is 0 Å². The minimum absolute atomic E-state index is 0.256. The lowest BCUT2D eigenvalue weighted by Gasteiger charge is -2.33. The van der Waals surface area contributed by atoms with Crippen LogP contribution in [-0.4, -0.2) is 29.1 Å². The Morgan fingerprint density at radius 3 is 2.95 bits per heavy atom. The molecule has 0 saturated carbocycles. The van der Waals surface area contributed by atoms with Gasteiger partial charge in [-0.1, -0.05) is 0 Å². The lowest BCUT2D eigenvalue weighted by Crippen LogP contribution is -2.42.